The van der Waals surface area contributed by atoms with Crippen molar-refractivity contribution < 1.29 is 13.6 Å². The molecule has 0 spiro atoms. The largest absolute Gasteiger partial charge is 0.403 e. The van der Waals surface area contributed by atoms with E-state index in [9.17, 15) is 9.18 Å². The van der Waals surface area contributed by atoms with Crippen LogP contribution < -0.4 is 0 Å². The Kier molecular flexibility index (Phi) is 6.35. The summed E-state index contributed by atoms with van der Waals surface area (Å²) in [4.78, 5) is 17.5. The van der Waals surface area contributed by atoms with E-state index >= 15 is 0 Å². The molecule has 1 atom stereocenters. The van der Waals surface area contributed by atoms with Crippen LogP contribution in [0.15, 0.2) is 4.99 Å². The van der Waals surface area contributed by atoms with Gasteiger partial charge in [0.2, 0.25) is 0 Å². The fourth-order valence-corrected chi connectivity index (χ4v) is 2.24. The van der Waals surface area contributed by atoms with E-state index in [1.54, 1.807) is 25.9 Å². The van der Waals surface area contributed by atoms with Gasteiger partial charge in [-0.2, -0.15) is 4.99 Å². The molecule has 0 bridgehead atoms. The fraction of sp³-hybridized carbons (Fsp3) is 0.846. The van der Waals surface area contributed by atoms with E-state index in [1.165, 1.54) is 0 Å². The lowest BCUT2D eigenvalue weighted by Crippen LogP contribution is -2.46. The van der Waals surface area contributed by atoms with Gasteiger partial charge in [-0.3, -0.25) is 4.79 Å². The number of hydrogen-bond donors (Lipinski definition) is 0. The molecule has 0 aromatic rings. The van der Waals surface area contributed by atoms with Gasteiger partial charge in [0.1, 0.15) is 12.5 Å². The van der Waals surface area contributed by atoms with Crippen molar-refractivity contribution in [2.75, 3.05) is 20.8 Å². The number of nitrogens with zero attached hydrogens (tertiary/aromatic N) is 2. The average Bonchev–Trinajstić information content (AvgIpc) is 2.23. The molecule has 4 nitrogen and oxygen atoms in total. The van der Waals surface area contributed by atoms with Gasteiger partial charge in [-0.25, -0.2) is 4.39 Å². The van der Waals surface area contributed by atoms with Gasteiger partial charge in [0.15, 0.2) is 14.4 Å². The van der Waals surface area contributed by atoms with Crippen molar-refractivity contribution in [3.63, 3.8) is 0 Å². The summed E-state index contributed by atoms with van der Waals surface area (Å²) in [5.41, 5.74) is 0. The Morgan fingerprint density at radius 2 is 1.84 bits per heavy atom. The van der Waals surface area contributed by atoms with Crippen LogP contribution in [0.2, 0.25) is 18.1 Å². The molecule has 1 amide bonds. The lowest BCUT2D eigenvalue weighted by molar-refractivity contribution is -0.125. The third kappa shape index (κ3) is 5.40. The molecule has 0 aliphatic carbocycles. The van der Waals surface area contributed by atoms with E-state index in [0.29, 0.717) is 5.84 Å². The first-order valence-corrected chi connectivity index (χ1v) is 9.33. The summed E-state index contributed by atoms with van der Waals surface area (Å²) in [7, 11) is 1.39. The summed E-state index contributed by atoms with van der Waals surface area (Å²) < 4.78 is 18.9. The Morgan fingerprint density at radius 1 is 1.37 bits per heavy atom. The Labute approximate surface area is 117 Å². The van der Waals surface area contributed by atoms with Crippen LogP contribution in [-0.4, -0.2) is 51.8 Å². The molecule has 0 fully saturated rings. The van der Waals surface area contributed by atoms with Gasteiger partial charge >= 0.3 is 0 Å². The summed E-state index contributed by atoms with van der Waals surface area (Å²) >= 11 is 0. The quantitative estimate of drug-likeness (QED) is 0.454. The molecule has 0 aromatic carbocycles. The summed E-state index contributed by atoms with van der Waals surface area (Å²) in [5, 5.41) is -0.0684. The van der Waals surface area contributed by atoms with E-state index in [4.69, 9.17) is 4.43 Å². The second-order valence-corrected chi connectivity index (χ2v) is 11.2. The molecule has 112 valence electrons. The number of carbonyl (C=O) groups is 1. The molecular weight excluding hydrogens is 263 g/mol. The maximum atomic E-state index is 13.1. The van der Waals surface area contributed by atoms with E-state index < -0.39 is 27.0 Å². The lowest BCUT2D eigenvalue weighted by Gasteiger charge is -2.37. The van der Waals surface area contributed by atoms with Gasteiger partial charge in [-0.05, 0) is 25.1 Å². The van der Waals surface area contributed by atoms with Gasteiger partial charge in [0, 0.05) is 14.1 Å². The maximum Gasteiger partial charge on any atom is 0.277 e. The topological polar surface area (TPSA) is 41.9 Å². The Morgan fingerprint density at radius 3 is 2.16 bits per heavy atom. The molecule has 0 heterocycles. The second-order valence-electron chi connectivity index (χ2n) is 6.41. The molecule has 0 saturated carbocycles. The van der Waals surface area contributed by atoms with Crippen LogP contribution in [0, 0.1) is 0 Å². The summed E-state index contributed by atoms with van der Waals surface area (Å²) in [6.45, 7) is 11.0. The molecule has 6 heteroatoms. The van der Waals surface area contributed by atoms with Gasteiger partial charge in [-0.15, -0.1) is 0 Å². The molecule has 0 aliphatic heterocycles. The number of aliphatic imine (C=N–C) groups is 1. The van der Waals surface area contributed by atoms with Crippen molar-refractivity contribution >= 4 is 20.1 Å². The zero-order valence-electron chi connectivity index (χ0n) is 13.4. The first-order valence-electron chi connectivity index (χ1n) is 6.42. The van der Waals surface area contributed by atoms with Gasteiger partial charge in [0.25, 0.3) is 5.91 Å². The number of carbonyl (C=O) groups excluding carboxylic acids is 1. The zero-order valence-corrected chi connectivity index (χ0v) is 14.4. The molecule has 0 rings (SSSR count). The Hall–Kier alpha value is -0.753. The van der Waals surface area contributed by atoms with Gasteiger partial charge in [-0.1, -0.05) is 20.8 Å². The summed E-state index contributed by atoms with van der Waals surface area (Å²) in [6.07, 6.45) is -1.09. The molecule has 1 unspecified atom stereocenters. The van der Waals surface area contributed by atoms with Crippen LogP contribution in [0.25, 0.3) is 0 Å². The van der Waals surface area contributed by atoms with E-state index in [-0.39, 0.29) is 5.04 Å². The number of amides is 1. The number of hydrogen-bond acceptors (Lipinski definition) is 2. The average molecular weight is 290 g/mol. The van der Waals surface area contributed by atoms with E-state index in [1.807, 2.05) is 33.9 Å². The first-order chi connectivity index (χ1) is 8.42. The highest BCUT2D eigenvalue weighted by molar-refractivity contribution is 6.74. The number of amidine groups is 1. The minimum atomic E-state index is -2.17. The van der Waals surface area contributed by atoms with Crippen LogP contribution in [0.3, 0.4) is 0 Å². The highest BCUT2D eigenvalue weighted by atomic mass is 28.4. The monoisotopic (exact) mass is 290 g/mol. The molecular formula is C13H27FN2O2Si. The highest BCUT2D eigenvalue weighted by Crippen LogP contribution is 2.37. The van der Waals surface area contributed by atoms with Gasteiger partial charge < -0.3 is 9.33 Å². The second kappa shape index (κ2) is 6.61. The van der Waals surface area contributed by atoms with E-state index in [0.717, 1.165) is 0 Å². The predicted molar refractivity (Wildman–Crippen MR) is 79.8 cm³/mol. The normalized spacial score (nSPS) is 15.3. The number of alkyl halides is 1. The zero-order chi connectivity index (χ0) is 15.4. The third-order valence-corrected chi connectivity index (χ3v) is 8.06. The van der Waals surface area contributed by atoms with E-state index in [2.05, 4.69) is 4.99 Å². The third-order valence-electron chi connectivity index (χ3n) is 3.58. The van der Waals surface area contributed by atoms with Crippen molar-refractivity contribution in [2.24, 2.45) is 4.99 Å². The summed E-state index contributed by atoms with van der Waals surface area (Å²) in [5.74, 6) is 0.000747. The molecule has 19 heavy (non-hydrogen) atoms. The number of halogens is 1. The molecule has 0 aromatic heterocycles. The smallest absolute Gasteiger partial charge is 0.277 e. The van der Waals surface area contributed by atoms with Crippen LogP contribution in [0.1, 0.15) is 27.7 Å². The SMILES string of the molecule is CC(=NC(=O)C(CF)O[Si](C)(C)C(C)(C)C)N(C)C. The molecule has 0 N–H and O–H groups in total. The van der Waals surface area contributed by atoms with Gasteiger partial charge in [0.05, 0.1) is 0 Å². The minimum Gasteiger partial charge on any atom is -0.403 e. The minimum absolute atomic E-state index is 0.0684. The molecule has 0 saturated heterocycles. The maximum absolute atomic E-state index is 13.1. The lowest BCUT2D eigenvalue weighted by atomic mass is 10.2. The fourth-order valence-electron chi connectivity index (χ4n) is 1.01. The van der Waals surface area contributed by atoms with Crippen molar-refractivity contribution in [2.45, 2.75) is 51.9 Å². The van der Waals surface area contributed by atoms with Crippen molar-refractivity contribution in [1.82, 2.24) is 4.90 Å². The Balaban J connectivity index is 4.96. The Bertz CT molecular complexity index is 349. The van der Waals surface area contributed by atoms with Crippen molar-refractivity contribution in [3.05, 3.63) is 0 Å². The number of rotatable bonds is 4. The standard InChI is InChI=1S/C13H27FN2O2Si/c1-10(16(5)6)15-12(17)11(9-14)18-19(7,8)13(2,3)4/h11H,9H2,1-8H3. The van der Waals surface area contributed by atoms with Crippen LogP contribution in [-0.2, 0) is 9.22 Å². The molecule has 0 aliphatic rings. The van der Waals surface area contributed by atoms with Crippen LogP contribution in [0.5, 0.6) is 0 Å². The first kappa shape index (κ1) is 18.2. The predicted octanol–water partition coefficient (Wildman–Crippen LogP) is 2.85. The molecule has 0 radical (unpaired) electrons. The van der Waals surface area contributed by atoms with Crippen LogP contribution in [0.4, 0.5) is 4.39 Å². The summed E-state index contributed by atoms with van der Waals surface area (Å²) in [6, 6.07) is 0. The highest BCUT2D eigenvalue weighted by Gasteiger charge is 2.40. The van der Waals surface area contributed by atoms with Crippen molar-refractivity contribution in [3.8, 4) is 0 Å². The van der Waals surface area contributed by atoms with Crippen molar-refractivity contribution in [1.29, 1.82) is 0 Å². The van der Waals surface area contributed by atoms with Crippen LogP contribution >= 0.6 is 0 Å².